The zero-order valence-corrected chi connectivity index (χ0v) is 32.5. The number of hydrogen-bond acceptors (Lipinski definition) is 3. The van der Waals surface area contributed by atoms with Crippen molar-refractivity contribution in [2.45, 2.75) is 0 Å². The molecule has 0 spiro atoms. The van der Waals surface area contributed by atoms with E-state index < -0.39 is 0 Å². The average molecular weight is 762 g/mol. The van der Waals surface area contributed by atoms with Crippen molar-refractivity contribution < 1.29 is 0 Å². The maximum atomic E-state index is 5.22. The second-order valence-corrected chi connectivity index (χ2v) is 15.6. The molecule has 0 unspecified atom stereocenters. The summed E-state index contributed by atoms with van der Waals surface area (Å²) in [5.41, 5.74) is 11.8. The molecule has 2 heterocycles. The molecule has 3 nitrogen and oxygen atoms in total. The molecule has 10 aromatic carbocycles. The summed E-state index contributed by atoms with van der Waals surface area (Å²) in [6, 6.07) is 72.1. The van der Waals surface area contributed by atoms with Gasteiger partial charge in [0.25, 0.3) is 0 Å². The number of hydrogen-bond donors (Lipinski definition) is 0. The zero-order valence-electron chi connectivity index (χ0n) is 32.5. The topological polar surface area (TPSA) is 38.7 Å². The van der Waals surface area contributed by atoms with E-state index in [0.717, 1.165) is 44.8 Å². The predicted molar refractivity (Wildman–Crippen MR) is 251 cm³/mol. The molecule has 2 aromatic heterocycles. The fraction of sp³-hybridized carbons (Fsp3) is 0. The SMILES string of the molecule is c1ccc(-c2cc(-c3ccc(-c4cccnc4)cc3)nc(-c3cccc(-c4ccc5ccc6c(-c7cc8ccccc8c8ccccc78)ccc7ccc4c5c76)c3)n2)cc1. The Morgan fingerprint density at radius 3 is 1.62 bits per heavy atom. The molecule has 3 heteroatoms. The normalized spacial score (nSPS) is 11.7. The highest BCUT2D eigenvalue weighted by molar-refractivity contribution is 6.28. The van der Waals surface area contributed by atoms with Gasteiger partial charge in [-0.05, 0) is 112 Å². The molecule has 0 saturated carbocycles. The van der Waals surface area contributed by atoms with E-state index in [4.69, 9.17) is 9.97 Å². The highest BCUT2D eigenvalue weighted by Crippen LogP contribution is 2.45. The van der Waals surface area contributed by atoms with E-state index in [0.29, 0.717) is 5.82 Å². The molecule has 0 aliphatic rings. The molecule has 0 amide bonds. The Bertz CT molecular complexity index is 3580. The van der Waals surface area contributed by atoms with Crippen LogP contribution in [-0.4, -0.2) is 15.0 Å². The summed E-state index contributed by atoms with van der Waals surface area (Å²) < 4.78 is 0. The average Bonchev–Trinajstić information content (AvgIpc) is 3.33. The van der Waals surface area contributed by atoms with Crippen LogP contribution in [0.15, 0.2) is 213 Å². The van der Waals surface area contributed by atoms with Crippen LogP contribution in [0.4, 0.5) is 0 Å². The Balaban J connectivity index is 1.00. The molecule has 278 valence electrons. The van der Waals surface area contributed by atoms with Crippen LogP contribution in [0.5, 0.6) is 0 Å². The molecule has 0 saturated heterocycles. The second-order valence-electron chi connectivity index (χ2n) is 15.6. The number of nitrogens with zero attached hydrogens (tertiary/aromatic N) is 3. The van der Waals surface area contributed by atoms with Crippen molar-refractivity contribution in [2.24, 2.45) is 0 Å². The van der Waals surface area contributed by atoms with Crippen LogP contribution < -0.4 is 0 Å². The molecule has 12 aromatic rings. The summed E-state index contributed by atoms with van der Waals surface area (Å²) in [4.78, 5) is 14.7. The number of aromatic nitrogens is 3. The molecule has 0 radical (unpaired) electrons. The first kappa shape index (κ1) is 34.1. The van der Waals surface area contributed by atoms with Crippen LogP contribution in [0.3, 0.4) is 0 Å². The van der Waals surface area contributed by atoms with E-state index in [9.17, 15) is 0 Å². The van der Waals surface area contributed by atoms with Crippen molar-refractivity contribution in [3.8, 4) is 67.3 Å². The lowest BCUT2D eigenvalue weighted by atomic mass is 9.85. The molecule has 12 rings (SSSR count). The molecule has 60 heavy (non-hydrogen) atoms. The van der Waals surface area contributed by atoms with Gasteiger partial charge in [0, 0.05) is 29.1 Å². The Morgan fingerprint density at radius 1 is 0.283 bits per heavy atom. The predicted octanol–water partition coefficient (Wildman–Crippen LogP) is 15.1. The van der Waals surface area contributed by atoms with Gasteiger partial charge in [0.1, 0.15) is 0 Å². The summed E-state index contributed by atoms with van der Waals surface area (Å²) in [7, 11) is 0. The van der Waals surface area contributed by atoms with Gasteiger partial charge in [-0.1, -0.05) is 176 Å². The summed E-state index contributed by atoms with van der Waals surface area (Å²) in [5.74, 6) is 0.689. The lowest BCUT2D eigenvalue weighted by Crippen LogP contribution is -1.96. The molecule has 0 atom stereocenters. The molecular weight excluding hydrogens is 727 g/mol. The molecule has 0 bridgehead atoms. The van der Waals surface area contributed by atoms with Crippen LogP contribution in [0.2, 0.25) is 0 Å². The largest absolute Gasteiger partial charge is 0.264 e. The third-order valence-electron chi connectivity index (χ3n) is 12.1. The number of benzene rings is 10. The lowest BCUT2D eigenvalue weighted by Gasteiger charge is -2.18. The van der Waals surface area contributed by atoms with E-state index in [1.54, 1.807) is 6.20 Å². The fourth-order valence-electron chi connectivity index (χ4n) is 9.24. The van der Waals surface area contributed by atoms with Crippen molar-refractivity contribution in [3.63, 3.8) is 0 Å². The summed E-state index contributed by atoms with van der Waals surface area (Å²) in [5, 5.41) is 12.7. The van der Waals surface area contributed by atoms with Crippen molar-refractivity contribution in [2.75, 3.05) is 0 Å². The molecule has 0 fully saturated rings. The fourth-order valence-corrected chi connectivity index (χ4v) is 9.24. The monoisotopic (exact) mass is 761 g/mol. The minimum absolute atomic E-state index is 0.689. The van der Waals surface area contributed by atoms with Gasteiger partial charge in [-0.15, -0.1) is 0 Å². The Kier molecular flexibility index (Phi) is 7.85. The van der Waals surface area contributed by atoms with Crippen LogP contribution in [0.25, 0.3) is 121 Å². The first-order valence-corrected chi connectivity index (χ1v) is 20.4. The standard InChI is InChI=1S/C57H35N3/c1-2-10-37(11-3-1)53-34-54(38-21-19-36(20-22-38)44-15-9-31-58-35-44)60-57(59-53)43-14-8-13-41(32-43)46-27-23-39-26-30-51-49(28-24-40-25-29-50(46)55(39)56(40)51)52-33-42-12-4-5-16-45(42)47-17-6-7-18-48(47)52/h1-35H. The summed E-state index contributed by atoms with van der Waals surface area (Å²) in [6.07, 6.45) is 3.69. The zero-order chi connectivity index (χ0) is 39.6. The third kappa shape index (κ3) is 5.63. The molecular formula is C57H35N3. The number of rotatable bonds is 6. The first-order valence-electron chi connectivity index (χ1n) is 20.4. The maximum absolute atomic E-state index is 5.22. The Morgan fingerprint density at radius 2 is 0.867 bits per heavy atom. The van der Waals surface area contributed by atoms with Crippen molar-refractivity contribution in [1.82, 2.24) is 15.0 Å². The van der Waals surface area contributed by atoms with E-state index in [2.05, 4.69) is 193 Å². The van der Waals surface area contributed by atoms with Crippen molar-refractivity contribution >= 4 is 53.9 Å². The van der Waals surface area contributed by atoms with Gasteiger partial charge >= 0.3 is 0 Å². The van der Waals surface area contributed by atoms with E-state index in [-0.39, 0.29) is 0 Å². The van der Waals surface area contributed by atoms with Crippen molar-refractivity contribution in [3.05, 3.63) is 213 Å². The van der Waals surface area contributed by atoms with Crippen LogP contribution in [0.1, 0.15) is 0 Å². The minimum Gasteiger partial charge on any atom is -0.264 e. The van der Waals surface area contributed by atoms with Gasteiger partial charge < -0.3 is 0 Å². The smallest absolute Gasteiger partial charge is 0.160 e. The second kappa shape index (κ2) is 13.8. The number of pyridine rings is 1. The van der Waals surface area contributed by atoms with Gasteiger partial charge in [-0.2, -0.15) is 0 Å². The Labute approximate surface area is 347 Å². The number of fused-ring (bicyclic) bond motifs is 3. The van der Waals surface area contributed by atoms with Gasteiger partial charge in [0.15, 0.2) is 5.82 Å². The third-order valence-corrected chi connectivity index (χ3v) is 12.1. The summed E-state index contributed by atoms with van der Waals surface area (Å²) >= 11 is 0. The first-order chi connectivity index (χ1) is 29.7. The van der Waals surface area contributed by atoms with E-state index >= 15 is 0 Å². The van der Waals surface area contributed by atoms with E-state index in [1.807, 2.05) is 18.3 Å². The molecule has 0 aliphatic carbocycles. The highest BCUT2D eigenvalue weighted by atomic mass is 14.9. The quantitative estimate of drug-likeness (QED) is 0.158. The van der Waals surface area contributed by atoms with Gasteiger partial charge in [0.05, 0.1) is 11.4 Å². The van der Waals surface area contributed by atoms with Gasteiger partial charge in [0.2, 0.25) is 0 Å². The highest BCUT2D eigenvalue weighted by Gasteiger charge is 2.18. The minimum atomic E-state index is 0.689. The van der Waals surface area contributed by atoms with E-state index in [1.165, 1.54) is 70.6 Å². The maximum Gasteiger partial charge on any atom is 0.160 e. The van der Waals surface area contributed by atoms with Crippen LogP contribution in [-0.2, 0) is 0 Å². The molecule has 0 aliphatic heterocycles. The van der Waals surface area contributed by atoms with Gasteiger partial charge in [-0.25, -0.2) is 9.97 Å². The summed E-state index contributed by atoms with van der Waals surface area (Å²) in [6.45, 7) is 0. The molecule has 0 N–H and O–H groups in total. The van der Waals surface area contributed by atoms with Gasteiger partial charge in [-0.3, -0.25) is 4.98 Å². The van der Waals surface area contributed by atoms with Crippen molar-refractivity contribution in [1.29, 1.82) is 0 Å². The van der Waals surface area contributed by atoms with Crippen LogP contribution in [0, 0.1) is 0 Å². The van der Waals surface area contributed by atoms with Crippen LogP contribution >= 0.6 is 0 Å². The Hall–Kier alpha value is -8.01. The lowest BCUT2D eigenvalue weighted by molar-refractivity contribution is 1.18.